The summed E-state index contributed by atoms with van der Waals surface area (Å²) in [7, 11) is 2.04. The molecule has 0 saturated carbocycles. The Morgan fingerprint density at radius 3 is 2.53 bits per heavy atom. The molecule has 0 aliphatic heterocycles. The minimum atomic E-state index is 0. The van der Waals surface area contributed by atoms with Gasteiger partial charge in [0.15, 0.2) is 5.69 Å². The molecule has 0 amide bonds. The van der Waals surface area contributed by atoms with Gasteiger partial charge in [0.05, 0.1) is 24.3 Å². The largest absolute Gasteiger partial charge is 1.00 e. The number of benzene rings is 1. The zero-order valence-electron chi connectivity index (χ0n) is 10.6. The Bertz CT molecular complexity index is 719. The molecule has 3 nitrogen and oxygen atoms in total. The van der Waals surface area contributed by atoms with Gasteiger partial charge in [0.1, 0.15) is 0 Å². The van der Waals surface area contributed by atoms with Gasteiger partial charge in [-0.05, 0) is 43.3 Å². The van der Waals surface area contributed by atoms with Crippen LogP contribution in [0.5, 0.6) is 0 Å². The fourth-order valence-corrected chi connectivity index (χ4v) is 2.43. The Morgan fingerprint density at radius 2 is 1.84 bits per heavy atom. The number of aryl methyl sites for hydroxylation is 2. The van der Waals surface area contributed by atoms with E-state index in [-0.39, 0.29) is 12.4 Å². The van der Waals surface area contributed by atoms with Crippen molar-refractivity contribution in [3.8, 4) is 5.69 Å². The second-order valence-corrected chi connectivity index (χ2v) is 5.25. The molecule has 0 spiro atoms. The van der Waals surface area contributed by atoms with Gasteiger partial charge in [-0.3, -0.25) is 0 Å². The van der Waals surface area contributed by atoms with E-state index in [1.807, 2.05) is 43.0 Å². The van der Waals surface area contributed by atoms with Gasteiger partial charge in [0, 0.05) is 4.47 Å². The lowest BCUT2D eigenvalue weighted by Crippen LogP contribution is -3.00. The van der Waals surface area contributed by atoms with Gasteiger partial charge in [0.25, 0.3) is 0 Å². The van der Waals surface area contributed by atoms with E-state index >= 15 is 0 Å². The Morgan fingerprint density at radius 1 is 1.16 bits per heavy atom. The molecule has 0 radical (unpaired) electrons. The van der Waals surface area contributed by atoms with Gasteiger partial charge >= 0.3 is 5.65 Å². The van der Waals surface area contributed by atoms with Gasteiger partial charge in [-0.1, -0.05) is 25.7 Å². The summed E-state index contributed by atoms with van der Waals surface area (Å²) in [6.45, 7) is 2.04. The molecule has 0 aliphatic carbocycles. The summed E-state index contributed by atoms with van der Waals surface area (Å²) >= 11 is 3.45. The molecule has 3 aromatic rings. The standard InChI is InChI=1S/C14H13BrN3.ClH/c1-10-13-4-3-9-17(2)14(13)18(16-10)12-7-5-11(15)6-8-12;/h3-9H,1-2H3;1H/q+1;/p-1. The maximum absolute atomic E-state index is 4.63. The van der Waals surface area contributed by atoms with Gasteiger partial charge in [-0.2, -0.15) is 0 Å². The highest BCUT2D eigenvalue weighted by atomic mass is 79.9. The first-order valence-corrected chi connectivity index (χ1v) is 6.56. The van der Waals surface area contributed by atoms with Crippen LogP contribution in [0.4, 0.5) is 0 Å². The second-order valence-electron chi connectivity index (χ2n) is 4.33. The van der Waals surface area contributed by atoms with E-state index < -0.39 is 0 Å². The lowest BCUT2D eigenvalue weighted by molar-refractivity contribution is -0.647. The van der Waals surface area contributed by atoms with Crippen molar-refractivity contribution >= 4 is 27.0 Å². The molecule has 0 aliphatic rings. The SMILES string of the molecule is Cc1nn(-c2ccc(Br)cc2)c2c1ccc[n+]2C.[Cl-]. The summed E-state index contributed by atoms with van der Waals surface area (Å²) in [5.74, 6) is 0. The van der Waals surface area contributed by atoms with Crippen molar-refractivity contribution in [3.63, 3.8) is 0 Å². The van der Waals surface area contributed by atoms with Crippen molar-refractivity contribution in [1.82, 2.24) is 9.78 Å². The third-order valence-corrected chi connectivity index (χ3v) is 3.59. The van der Waals surface area contributed by atoms with Gasteiger partial charge in [-0.15, -0.1) is 0 Å². The smallest absolute Gasteiger partial charge is 0.316 e. The predicted octanol–water partition coefficient (Wildman–Crippen LogP) is -0.0751. The van der Waals surface area contributed by atoms with E-state index in [0.717, 1.165) is 21.5 Å². The summed E-state index contributed by atoms with van der Waals surface area (Å²) in [5.41, 5.74) is 3.22. The number of hydrogen-bond acceptors (Lipinski definition) is 1. The van der Waals surface area contributed by atoms with E-state index in [1.54, 1.807) is 0 Å². The molecular weight excluding hydrogens is 326 g/mol. The molecular formula is C14H13BrClN3. The third-order valence-electron chi connectivity index (χ3n) is 3.06. The highest BCUT2D eigenvalue weighted by molar-refractivity contribution is 9.10. The Labute approximate surface area is 126 Å². The minimum Gasteiger partial charge on any atom is -1.00 e. The van der Waals surface area contributed by atoms with E-state index in [1.165, 1.54) is 5.39 Å². The zero-order chi connectivity index (χ0) is 12.7. The number of hydrogen-bond donors (Lipinski definition) is 0. The highest BCUT2D eigenvalue weighted by Crippen LogP contribution is 2.19. The number of nitrogens with zero attached hydrogens (tertiary/aromatic N) is 3. The quantitative estimate of drug-likeness (QED) is 0.569. The lowest BCUT2D eigenvalue weighted by atomic mass is 10.3. The van der Waals surface area contributed by atoms with Crippen molar-refractivity contribution in [3.05, 3.63) is 52.8 Å². The van der Waals surface area contributed by atoms with E-state index in [2.05, 4.69) is 43.8 Å². The summed E-state index contributed by atoms with van der Waals surface area (Å²) < 4.78 is 5.15. The normalized spacial score (nSPS) is 10.5. The highest BCUT2D eigenvalue weighted by Gasteiger charge is 2.18. The summed E-state index contributed by atoms with van der Waals surface area (Å²) in [5, 5.41) is 5.81. The molecule has 0 N–H and O–H groups in total. The Kier molecular flexibility index (Phi) is 3.92. The van der Waals surface area contributed by atoms with Crippen LogP contribution in [0.2, 0.25) is 0 Å². The molecule has 1 aromatic carbocycles. The molecule has 3 rings (SSSR count). The molecule has 0 bridgehead atoms. The maximum Gasteiger partial charge on any atom is 0.316 e. The second kappa shape index (κ2) is 5.31. The molecule has 19 heavy (non-hydrogen) atoms. The van der Waals surface area contributed by atoms with E-state index in [4.69, 9.17) is 0 Å². The molecule has 0 saturated heterocycles. The van der Waals surface area contributed by atoms with Crippen LogP contribution in [-0.2, 0) is 7.05 Å². The predicted molar refractivity (Wildman–Crippen MR) is 74.7 cm³/mol. The van der Waals surface area contributed by atoms with Crippen molar-refractivity contribution in [2.75, 3.05) is 0 Å². The summed E-state index contributed by atoms with van der Waals surface area (Å²) in [4.78, 5) is 0. The van der Waals surface area contributed by atoms with Crippen LogP contribution in [0, 0.1) is 6.92 Å². The van der Waals surface area contributed by atoms with Crippen LogP contribution in [-0.4, -0.2) is 9.78 Å². The fourth-order valence-electron chi connectivity index (χ4n) is 2.16. The van der Waals surface area contributed by atoms with Gasteiger partial charge < -0.3 is 12.4 Å². The van der Waals surface area contributed by atoms with Crippen molar-refractivity contribution < 1.29 is 17.0 Å². The van der Waals surface area contributed by atoms with Crippen LogP contribution in [0.25, 0.3) is 16.7 Å². The number of aromatic nitrogens is 3. The average Bonchev–Trinajstić information content (AvgIpc) is 2.70. The minimum absolute atomic E-state index is 0. The molecule has 0 unspecified atom stereocenters. The Balaban J connectivity index is 0.00000133. The number of pyridine rings is 1. The van der Waals surface area contributed by atoms with Crippen LogP contribution in [0.3, 0.4) is 0 Å². The average molecular weight is 339 g/mol. The molecule has 2 aromatic heterocycles. The molecule has 0 fully saturated rings. The van der Waals surface area contributed by atoms with Gasteiger partial charge in [-0.25, -0.2) is 4.57 Å². The zero-order valence-corrected chi connectivity index (χ0v) is 13.0. The topological polar surface area (TPSA) is 21.7 Å². The monoisotopic (exact) mass is 337 g/mol. The Hall–Kier alpha value is -1.39. The molecule has 0 atom stereocenters. The third kappa shape index (κ3) is 2.38. The van der Waals surface area contributed by atoms with Crippen LogP contribution < -0.4 is 17.0 Å². The van der Waals surface area contributed by atoms with Crippen molar-refractivity contribution in [1.29, 1.82) is 0 Å². The summed E-state index contributed by atoms with van der Waals surface area (Å²) in [6, 6.07) is 12.3. The lowest BCUT2D eigenvalue weighted by Gasteiger charge is -1.98. The maximum atomic E-state index is 4.63. The first-order valence-electron chi connectivity index (χ1n) is 5.77. The number of fused-ring (bicyclic) bond motifs is 1. The molecule has 98 valence electrons. The van der Waals surface area contributed by atoms with Gasteiger partial charge in [0.2, 0.25) is 0 Å². The number of halogens is 2. The van der Waals surface area contributed by atoms with Crippen LogP contribution in [0.15, 0.2) is 47.1 Å². The molecule has 2 heterocycles. The van der Waals surface area contributed by atoms with E-state index in [9.17, 15) is 0 Å². The number of rotatable bonds is 1. The first-order chi connectivity index (χ1) is 8.66. The van der Waals surface area contributed by atoms with E-state index in [0.29, 0.717) is 0 Å². The van der Waals surface area contributed by atoms with Crippen molar-refractivity contribution in [2.24, 2.45) is 7.05 Å². The van der Waals surface area contributed by atoms with Crippen LogP contribution >= 0.6 is 15.9 Å². The first kappa shape index (κ1) is 14.0. The fraction of sp³-hybridized carbons (Fsp3) is 0.143. The molecule has 5 heteroatoms. The summed E-state index contributed by atoms with van der Waals surface area (Å²) in [6.07, 6.45) is 2.04. The van der Waals surface area contributed by atoms with Crippen molar-refractivity contribution in [2.45, 2.75) is 6.92 Å². The van der Waals surface area contributed by atoms with Crippen LogP contribution in [0.1, 0.15) is 5.69 Å².